The highest BCUT2D eigenvalue weighted by atomic mass is 16.3. The Morgan fingerprint density at radius 3 is 1.21 bits per heavy atom. The maximum Gasteiger partial charge on any atom is 0.144 e. The first-order valence-corrected chi connectivity index (χ1v) is 46.5. The third kappa shape index (κ3) is 9.46. The molecule has 0 amide bonds. The van der Waals surface area contributed by atoms with Crippen LogP contribution in [0.2, 0.25) is 0 Å². The molecular formula is C122H99NO2. The molecule has 0 N–H and O–H groups in total. The van der Waals surface area contributed by atoms with Crippen LogP contribution in [0, 0.1) is 0 Å². The molecular weight excluding hydrogens is 1510 g/mol. The van der Waals surface area contributed by atoms with E-state index in [1.807, 2.05) is 0 Å². The van der Waals surface area contributed by atoms with Crippen LogP contribution in [0.1, 0.15) is 221 Å². The van der Waals surface area contributed by atoms with Crippen LogP contribution in [0.5, 0.6) is 0 Å². The van der Waals surface area contributed by atoms with Gasteiger partial charge in [0.2, 0.25) is 0 Å². The summed E-state index contributed by atoms with van der Waals surface area (Å²) in [6.45, 7) is 19.6. The highest BCUT2D eigenvalue weighted by Gasteiger charge is 2.58. The number of hydrogen-bond donors (Lipinski definition) is 0. The molecule has 8 aliphatic rings. The van der Waals surface area contributed by atoms with E-state index in [-0.39, 0.29) is 16.2 Å². The Labute approximate surface area is 733 Å². The van der Waals surface area contributed by atoms with Gasteiger partial charge in [0.05, 0.1) is 10.8 Å². The molecule has 3 heteroatoms. The first-order valence-electron chi connectivity index (χ1n) is 46.5. The van der Waals surface area contributed by atoms with Gasteiger partial charge >= 0.3 is 0 Å². The van der Waals surface area contributed by atoms with Gasteiger partial charge in [-0.25, -0.2) is 0 Å². The Kier molecular flexibility index (Phi) is 15.4. The number of rotatable bonds is 16. The molecule has 0 fully saturated rings. The number of hydrogen-bond acceptors (Lipinski definition) is 3. The predicted octanol–water partition coefficient (Wildman–Crippen LogP) is 33.2. The molecule has 2 aromatic heterocycles. The van der Waals surface area contributed by atoms with E-state index in [0.717, 1.165) is 50.2 Å². The SMILES string of the molecule is CCCCCCCC1(CCCCCCC)c2ccccc2-c2ccc(-c3ccc4c(c3)C(C)(C)c3cc(N(c5ccc6c(c5)C(C)(C)c5c7c(c8oc9ccccc9c8c5-6)-c5ccccc5C7(C)C)c5ccc6c(c5)C5(c7ccccc7-c7ccccc75)c5cc7c(cc5-6)C5(c6ccccc6-c6ccccc65)c5ccc6oc8ccccc8c6c5-7)ccc3-4)cc21. The van der Waals surface area contributed by atoms with Crippen LogP contribution < -0.4 is 4.90 Å². The lowest BCUT2D eigenvalue weighted by molar-refractivity contribution is 0.399. The van der Waals surface area contributed by atoms with Crippen molar-refractivity contribution in [2.45, 2.75) is 165 Å². The minimum Gasteiger partial charge on any atom is -0.456 e. The third-order valence-corrected chi connectivity index (χ3v) is 32.1. The monoisotopic (exact) mass is 1610 g/mol. The highest BCUT2D eigenvalue weighted by molar-refractivity contribution is 6.22. The van der Waals surface area contributed by atoms with Gasteiger partial charge in [0, 0.05) is 65.8 Å². The van der Waals surface area contributed by atoms with E-state index in [9.17, 15) is 0 Å². The summed E-state index contributed by atoms with van der Waals surface area (Å²) < 4.78 is 14.2. The van der Waals surface area contributed by atoms with Crippen LogP contribution in [0.3, 0.4) is 0 Å². The molecule has 0 bridgehead atoms. The zero-order chi connectivity index (χ0) is 83.5. The van der Waals surface area contributed by atoms with Crippen molar-refractivity contribution in [3.05, 3.63) is 398 Å². The number of benzene rings is 16. The second-order valence-electron chi connectivity index (χ2n) is 39.3. The van der Waals surface area contributed by atoms with Crippen molar-refractivity contribution in [2.75, 3.05) is 4.90 Å². The lowest BCUT2D eigenvalue weighted by Crippen LogP contribution is -2.27. The number of anilines is 3. The van der Waals surface area contributed by atoms with E-state index in [1.165, 1.54) is 266 Å². The summed E-state index contributed by atoms with van der Waals surface area (Å²) in [6.07, 6.45) is 15.2. The molecule has 18 aromatic rings. The van der Waals surface area contributed by atoms with E-state index in [0.29, 0.717) is 0 Å². The van der Waals surface area contributed by atoms with Crippen LogP contribution in [0.15, 0.2) is 318 Å². The van der Waals surface area contributed by atoms with E-state index >= 15 is 0 Å². The van der Waals surface area contributed by atoms with Gasteiger partial charge in [0.15, 0.2) is 0 Å². The smallest absolute Gasteiger partial charge is 0.144 e. The quantitative estimate of drug-likeness (QED) is 0.0903. The molecule has 0 unspecified atom stereocenters. The first kappa shape index (κ1) is 73.5. The average Bonchev–Trinajstić information content (AvgIpc) is 1.48. The van der Waals surface area contributed by atoms with E-state index in [2.05, 4.69) is 370 Å². The van der Waals surface area contributed by atoms with E-state index in [1.54, 1.807) is 11.1 Å². The molecule has 0 radical (unpaired) electrons. The Bertz CT molecular complexity index is 7660. The van der Waals surface area contributed by atoms with Crippen LogP contribution >= 0.6 is 0 Å². The summed E-state index contributed by atoms with van der Waals surface area (Å²) in [5, 5.41) is 4.69. The maximum atomic E-state index is 7.26. The number of para-hydroxylation sites is 2. The lowest BCUT2D eigenvalue weighted by Gasteiger charge is -2.33. The van der Waals surface area contributed by atoms with Crippen molar-refractivity contribution < 1.29 is 8.83 Å². The largest absolute Gasteiger partial charge is 0.456 e. The lowest BCUT2D eigenvalue weighted by atomic mass is 9.68. The normalized spacial score (nSPS) is 16.0. The van der Waals surface area contributed by atoms with Crippen molar-refractivity contribution in [1.29, 1.82) is 0 Å². The average molecular weight is 1610 g/mol. The fourth-order valence-electron chi connectivity index (χ4n) is 26.7. The molecule has 604 valence electrons. The Morgan fingerprint density at radius 2 is 0.624 bits per heavy atom. The molecule has 16 aromatic carbocycles. The summed E-state index contributed by atoms with van der Waals surface area (Å²) in [4.78, 5) is 2.65. The Morgan fingerprint density at radius 1 is 0.240 bits per heavy atom. The highest BCUT2D eigenvalue weighted by Crippen LogP contribution is 2.71. The van der Waals surface area contributed by atoms with Gasteiger partial charge in [-0.15, -0.1) is 0 Å². The minimum atomic E-state index is -0.737. The number of unbranched alkanes of at least 4 members (excludes halogenated alkanes) is 8. The van der Waals surface area contributed by atoms with Gasteiger partial charge in [0.25, 0.3) is 0 Å². The molecule has 0 saturated carbocycles. The van der Waals surface area contributed by atoms with E-state index < -0.39 is 16.2 Å². The minimum absolute atomic E-state index is 0.00954. The zero-order valence-electron chi connectivity index (χ0n) is 72.7. The summed E-state index contributed by atoms with van der Waals surface area (Å²) in [6, 6.07) is 121. The molecule has 2 heterocycles. The van der Waals surface area contributed by atoms with Gasteiger partial charge in [-0.2, -0.15) is 0 Å². The number of furan rings is 2. The molecule has 8 aliphatic carbocycles. The molecule has 125 heavy (non-hydrogen) atoms. The van der Waals surface area contributed by atoms with Crippen molar-refractivity contribution in [3.8, 4) is 100 Å². The van der Waals surface area contributed by atoms with Gasteiger partial charge in [-0.3, -0.25) is 0 Å². The topological polar surface area (TPSA) is 29.5 Å². The standard InChI is InChI=1S/C122H99NO2/c1-9-11-13-15-33-63-120(64-34-16-14-12-10-2)93-44-26-17-35-77(93)84-57-52-73(66-102(84)120)72-51-56-82-83-58-53-74(67-100(83)117(3,4)99(82)65-72)123(75-55-60-87-101(68-75)119(7,8)114-111(87)112-89-42-24-32-50-107(89)125-116(112)113-86-40-22-25-43-92(86)118(5,6)115(113)114)76-54-59-85-90-70-105-91(71-104(90)122(103(85)69-76)96-47-29-20-38-80(96)81-39-21-30-48-97(81)122)109-98(61-62-108-110(109)88-41-23-31-49-106(88)124-108)121(105)94-45-27-18-36-78(94)79-37-19-28-46-95(79)121/h17-32,35-62,65-71H,9-16,33-34,63-64H2,1-8H3. The summed E-state index contributed by atoms with van der Waals surface area (Å²) >= 11 is 0. The summed E-state index contributed by atoms with van der Waals surface area (Å²) in [5.41, 5.74) is 49.7. The van der Waals surface area contributed by atoms with Crippen LogP contribution in [0.25, 0.3) is 144 Å². The number of fused-ring (bicyclic) bond motifs is 42. The molecule has 26 rings (SSSR count). The number of nitrogens with zero attached hydrogens (tertiary/aromatic N) is 1. The van der Waals surface area contributed by atoms with Gasteiger partial charge in [0.1, 0.15) is 22.3 Å². The van der Waals surface area contributed by atoms with Crippen molar-refractivity contribution in [3.63, 3.8) is 0 Å². The van der Waals surface area contributed by atoms with Crippen LogP contribution in [-0.2, 0) is 32.5 Å². The Hall–Kier alpha value is -13.1. The van der Waals surface area contributed by atoms with Crippen LogP contribution in [-0.4, -0.2) is 0 Å². The third-order valence-electron chi connectivity index (χ3n) is 32.1. The molecule has 0 aliphatic heterocycles. The summed E-state index contributed by atoms with van der Waals surface area (Å²) in [5.74, 6) is 0. The Balaban J connectivity index is 0.684. The molecule has 2 spiro atoms. The van der Waals surface area contributed by atoms with E-state index in [4.69, 9.17) is 8.83 Å². The molecule has 3 nitrogen and oxygen atoms in total. The predicted molar refractivity (Wildman–Crippen MR) is 519 cm³/mol. The van der Waals surface area contributed by atoms with Gasteiger partial charge in [-0.05, 0) is 275 Å². The van der Waals surface area contributed by atoms with Gasteiger partial charge < -0.3 is 13.7 Å². The fourth-order valence-corrected chi connectivity index (χ4v) is 26.7. The van der Waals surface area contributed by atoms with Crippen molar-refractivity contribution >= 4 is 60.9 Å². The van der Waals surface area contributed by atoms with Crippen molar-refractivity contribution in [1.82, 2.24) is 0 Å². The van der Waals surface area contributed by atoms with Crippen molar-refractivity contribution in [2.24, 2.45) is 0 Å². The maximum absolute atomic E-state index is 7.26. The summed E-state index contributed by atoms with van der Waals surface area (Å²) in [7, 11) is 0. The fraction of sp³-hybridized carbons (Fsp3) is 0.213. The van der Waals surface area contributed by atoms with Gasteiger partial charge in [-0.1, -0.05) is 350 Å². The van der Waals surface area contributed by atoms with Crippen LogP contribution in [0.4, 0.5) is 17.1 Å². The zero-order valence-corrected chi connectivity index (χ0v) is 72.7. The molecule has 0 atom stereocenters. The second kappa shape index (κ2) is 26.3. The second-order valence-corrected chi connectivity index (χ2v) is 39.3. The first-order chi connectivity index (χ1) is 61.2. The molecule has 0 saturated heterocycles.